The topological polar surface area (TPSA) is 59.6 Å². The number of aryl methyl sites for hydroxylation is 1. The van der Waals surface area contributed by atoms with Crippen LogP contribution in [0, 0.1) is 0 Å². The van der Waals surface area contributed by atoms with Crippen molar-refractivity contribution in [3.05, 3.63) is 59.9 Å². The van der Waals surface area contributed by atoms with Gasteiger partial charge >= 0.3 is 0 Å². The number of anilines is 1. The third-order valence-corrected chi connectivity index (χ3v) is 5.71. The van der Waals surface area contributed by atoms with Gasteiger partial charge in [-0.05, 0) is 36.1 Å². The fourth-order valence-electron chi connectivity index (χ4n) is 4.11. The maximum Gasteiger partial charge on any atom is 0.193 e. The average Bonchev–Trinajstić information content (AvgIpc) is 3.21. The minimum Gasteiger partial charge on any atom is -0.361 e. The number of nitrogens with zero attached hydrogens (tertiary/aromatic N) is 4. The van der Waals surface area contributed by atoms with E-state index in [1.54, 1.807) is 0 Å². The van der Waals surface area contributed by atoms with Crippen molar-refractivity contribution in [2.75, 3.05) is 44.7 Å². The van der Waals surface area contributed by atoms with Crippen LogP contribution in [0.1, 0.15) is 18.1 Å². The SMILES string of the molecule is CCc1cccc2c(CCNC(=NC)N3CCN(c4ccccn4)CC3)c[nH]c12.I. The van der Waals surface area contributed by atoms with Crippen molar-refractivity contribution in [2.45, 2.75) is 19.8 Å². The molecule has 1 aromatic carbocycles. The second-order valence-electron chi connectivity index (χ2n) is 7.39. The highest BCUT2D eigenvalue weighted by atomic mass is 127. The van der Waals surface area contributed by atoms with E-state index < -0.39 is 0 Å². The minimum absolute atomic E-state index is 0. The molecule has 30 heavy (non-hydrogen) atoms. The normalized spacial score (nSPS) is 14.7. The number of pyridine rings is 1. The number of H-pyrrole nitrogens is 1. The first-order chi connectivity index (χ1) is 14.3. The molecule has 0 bridgehead atoms. The van der Waals surface area contributed by atoms with E-state index in [1.165, 1.54) is 22.0 Å². The van der Waals surface area contributed by atoms with Crippen molar-refractivity contribution < 1.29 is 0 Å². The van der Waals surface area contributed by atoms with Gasteiger partial charge in [0.2, 0.25) is 0 Å². The number of para-hydroxylation sites is 1. The number of piperazine rings is 1. The van der Waals surface area contributed by atoms with Crippen molar-refractivity contribution in [1.29, 1.82) is 0 Å². The van der Waals surface area contributed by atoms with E-state index >= 15 is 0 Å². The first-order valence-electron chi connectivity index (χ1n) is 10.5. The molecule has 0 radical (unpaired) electrons. The number of rotatable bonds is 5. The number of guanidine groups is 1. The Morgan fingerprint density at radius 3 is 2.63 bits per heavy atom. The van der Waals surface area contributed by atoms with E-state index in [0.717, 1.165) is 57.3 Å². The van der Waals surface area contributed by atoms with Crippen molar-refractivity contribution in [2.24, 2.45) is 4.99 Å². The molecule has 0 saturated carbocycles. The molecule has 0 aliphatic carbocycles. The summed E-state index contributed by atoms with van der Waals surface area (Å²) in [5, 5.41) is 4.89. The zero-order valence-electron chi connectivity index (χ0n) is 17.8. The first kappa shape index (κ1) is 22.4. The standard InChI is InChI=1S/C23H30N6.HI/c1-3-18-7-6-8-20-19(17-27-22(18)20)10-12-26-23(24-2)29-15-13-28(14-16-29)21-9-4-5-11-25-21;/h4-9,11,17,27H,3,10,12-16H2,1-2H3,(H,24,26);1H. The number of aliphatic imine (C=N–C) groups is 1. The molecule has 6 nitrogen and oxygen atoms in total. The second kappa shape index (κ2) is 10.7. The molecule has 1 aliphatic heterocycles. The van der Waals surface area contributed by atoms with Crippen molar-refractivity contribution in [3.8, 4) is 0 Å². The number of halogens is 1. The highest BCUT2D eigenvalue weighted by molar-refractivity contribution is 14.0. The largest absolute Gasteiger partial charge is 0.361 e. The number of fused-ring (bicyclic) bond motifs is 1. The van der Waals surface area contributed by atoms with Crippen LogP contribution in [-0.4, -0.2) is 60.6 Å². The molecule has 0 unspecified atom stereocenters. The van der Waals surface area contributed by atoms with Crippen LogP contribution in [0.15, 0.2) is 53.8 Å². The third kappa shape index (κ3) is 4.88. The van der Waals surface area contributed by atoms with Crippen LogP contribution in [0.2, 0.25) is 0 Å². The summed E-state index contributed by atoms with van der Waals surface area (Å²) in [5.41, 5.74) is 4.02. The lowest BCUT2D eigenvalue weighted by Gasteiger charge is -2.37. The summed E-state index contributed by atoms with van der Waals surface area (Å²) in [6.45, 7) is 6.89. The molecule has 0 spiro atoms. The van der Waals surface area contributed by atoms with Gasteiger partial charge in [0, 0.05) is 63.1 Å². The van der Waals surface area contributed by atoms with E-state index in [4.69, 9.17) is 0 Å². The van der Waals surface area contributed by atoms with Gasteiger partial charge in [0.05, 0.1) is 0 Å². The van der Waals surface area contributed by atoms with Gasteiger partial charge in [-0.2, -0.15) is 0 Å². The summed E-state index contributed by atoms with van der Waals surface area (Å²) in [6.07, 6.45) is 6.03. The molecular weight excluding hydrogens is 487 g/mol. The molecule has 160 valence electrons. The van der Waals surface area contributed by atoms with Crippen molar-refractivity contribution >= 4 is 46.7 Å². The summed E-state index contributed by atoms with van der Waals surface area (Å²) in [6, 6.07) is 12.7. The average molecular weight is 518 g/mol. The van der Waals surface area contributed by atoms with Gasteiger partial charge in [0.15, 0.2) is 5.96 Å². The van der Waals surface area contributed by atoms with Gasteiger partial charge in [-0.1, -0.05) is 31.2 Å². The Hall–Kier alpha value is -2.29. The first-order valence-corrected chi connectivity index (χ1v) is 10.5. The Balaban J connectivity index is 0.00000256. The van der Waals surface area contributed by atoms with Crippen LogP contribution >= 0.6 is 24.0 Å². The summed E-state index contributed by atoms with van der Waals surface area (Å²) in [4.78, 5) is 17.1. The molecule has 1 saturated heterocycles. The van der Waals surface area contributed by atoms with E-state index in [9.17, 15) is 0 Å². The molecule has 7 heteroatoms. The molecule has 1 aliphatic rings. The number of nitrogens with one attached hydrogen (secondary N) is 2. The number of hydrogen-bond donors (Lipinski definition) is 2. The van der Waals surface area contributed by atoms with E-state index in [-0.39, 0.29) is 24.0 Å². The van der Waals surface area contributed by atoms with Crippen LogP contribution in [0.5, 0.6) is 0 Å². The molecule has 1 fully saturated rings. The predicted octanol–water partition coefficient (Wildman–Crippen LogP) is 3.68. The zero-order chi connectivity index (χ0) is 20.1. The van der Waals surface area contributed by atoms with Crippen LogP contribution in [-0.2, 0) is 12.8 Å². The Morgan fingerprint density at radius 1 is 1.10 bits per heavy atom. The van der Waals surface area contributed by atoms with Crippen molar-refractivity contribution in [1.82, 2.24) is 20.2 Å². The number of benzene rings is 1. The molecule has 0 atom stereocenters. The predicted molar refractivity (Wildman–Crippen MR) is 136 cm³/mol. The Bertz CT molecular complexity index is 960. The maximum atomic E-state index is 4.51. The van der Waals surface area contributed by atoms with Gasteiger partial charge in [-0.25, -0.2) is 4.98 Å². The molecule has 3 aromatic rings. The molecular formula is C23H31IN6. The third-order valence-electron chi connectivity index (χ3n) is 5.71. The molecule has 4 rings (SSSR count). The van der Waals surface area contributed by atoms with Crippen molar-refractivity contribution in [3.63, 3.8) is 0 Å². The second-order valence-corrected chi connectivity index (χ2v) is 7.39. The summed E-state index contributed by atoms with van der Waals surface area (Å²) >= 11 is 0. The summed E-state index contributed by atoms with van der Waals surface area (Å²) in [5.74, 6) is 2.04. The fraction of sp³-hybridized carbons (Fsp3) is 0.391. The molecule has 2 N–H and O–H groups in total. The smallest absolute Gasteiger partial charge is 0.193 e. The van der Waals surface area contributed by atoms with Gasteiger partial charge in [-0.15, -0.1) is 24.0 Å². The zero-order valence-corrected chi connectivity index (χ0v) is 20.1. The fourth-order valence-corrected chi connectivity index (χ4v) is 4.11. The van der Waals surface area contributed by atoms with Gasteiger partial charge in [0.1, 0.15) is 5.82 Å². The van der Waals surface area contributed by atoms with Crippen LogP contribution in [0.4, 0.5) is 5.82 Å². The van der Waals surface area contributed by atoms with Crippen LogP contribution in [0.25, 0.3) is 10.9 Å². The van der Waals surface area contributed by atoms with Gasteiger partial charge < -0.3 is 20.1 Å². The molecule has 2 aromatic heterocycles. The number of aromatic amines is 1. The number of aromatic nitrogens is 2. The lowest BCUT2D eigenvalue weighted by atomic mass is 10.1. The quantitative estimate of drug-likeness (QED) is 0.308. The van der Waals surface area contributed by atoms with E-state index in [1.807, 2.05) is 25.4 Å². The van der Waals surface area contributed by atoms with Crippen LogP contribution < -0.4 is 10.2 Å². The van der Waals surface area contributed by atoms with E-state index in [2.05, 4.69) is 67.5 Å². The Kier molecular flexibility index (Phi) is 7.95. The molecule has 0 amide bonds. The highest BCUT2D eigenvalue weighted by Crippen LogP contribution is 2.22. The minimum atomic E-state index is 0. The van der Waals surface area contributed by atoms with Crippen LogP contribution in [0.3, 0.4) is 0 Å². The van der Waals surface area contributed by atoms with Gasteiger partial charge in [-0.3, -0.25) is 4.99 Å². The molecule has 3 heterocycles. The van der Waals surface area contributed by atoms with Gasteiger partial charge in [0.25, 0.3) is 0 Å². The Morgan fingerprint density at radius 2 is 1.93 bits per heavy atom. The summed E-state index contributed by atoms with van der Waals surface area (Å²) < 4.78 is 0. The monoisotopic (exact) mass is 518 g/mol. The maximum absolute atomic E-state index is 4.51. The lowest BCUT2D eigenvalue weighted by molar-refractivity contribution is 0.372. The Labute approximate surface area is 195 Å². The van der Waals surface area contributed by atoms with E-state index in [0.29, 0.717) is 0 Å². The lowest BCUT2D eigenvalue weighted by Crippen LogP contribution is -2.53. The summed E-state index contributed by atoms with van der Waals surface area (Å²) in [7, 11) is 1.87. The highest BCUT2D eigenvalue weighted by Gasteiger charge is 2.20. The number of hydrogen-bond acceptors (Lipinski definition) is 3.